The Morgan fingerprint density at radius 3 is 2.38 bits per heavy atom. The number of morpholine rings is 1. The molecular weight excluding hydrogens is 326 g/mol. The van der Waals surface area contributed by atoms with E-state index in [1.54, 1.807) is 0 Å². The summed E-state index contributed by atoms with van der Waals surface area (Å²) in [5.74, 6) is 0.858. The first-order chi connectivity index (χ1) is 12.4. The van der Waals surface area contributed by atoms with Gasteiger partial charge < -0.3 is 20.3 Å². The molecule has 1 fully saturated rings. The van der Waals surface area contributed by atoms with Crippen LogP contribution in [0.25, 0.3) is 0 Å². The van der Waals surface area contributed by atoms with Crippen molar-refractivity contribution in [3.63, 3.8) is 0 Å². The molecule has 26 heavy (non-hydrogen) atoms. The van der Waals surface area contributed by atoms with Crippen molar-refractivity contribution in [1.82, 2.24) is 15.5 Å². The lowest BCUT2D eigenvalue weighted by Crippen LogP contribution is -2.56. The number of aliphatic imine (C=N–C) groups is 1. The van der Waals surface area contributed by atoms with Gasteiger partial charge in [-0.3, -0.25) is 9.89 Å². The second-order valence-corrected chi connectivity index (χ2v) is 7.58. The van der Waals surface area contributed by atoms with Gasteiger partial charge in [0.1, 0.15) is 0 Å². The van der Waals surface area contributed by atoms with Crippen molar-refractivity contribution in [2.45, 2.75) is 25.8 Å². The van der Waals surface area contributed by atoms with E-state index in [1.165, 1.54) is 11.3 Å². The Balaban J connectivity index is 1.75. The number of hydrogen-bond acceptors (Lipinski definition) is 4. The van der Waals surface area contributed by atoms with Crippen molar-refractivity contribution in [3.8, 4) is 0 Å². The molecule has 1 aromatic rings. The van der Waals surface area contributed by atoms with Crippen LogP contribution in [0, 0.1) is 0 Å². The molecule has 146 valence electrons. The first-order valence-corrected chi connectivity index (χ1v) is 9.46. The number of anilines is 1. The molecule has 0 aromatic heterocycles. The summed E-state index contributed by atoms with van der Waals surface area (Å²) in [5, 5.41) is 6.88. The number of ether oxygens (including phenoxy) is 1. The van der Waals surface area contributed by atoms with Crippen molar-refractivity contribution in [2.75, 3.05) is 65.4 Å². The topological polar surface area (TPSA) is 52.1 Å². The van der Waals surface area contributed by atoms with Crippen molar-refractivity contribution in [1.29, 1.82) is 0 Å². The molecule has 0 aliphatic carbocycles. The minimum absolute atomic E-state index is 0.0728. The van der Waals surface area contributed by atoms with Crippen molar-refractivity contribution in [3.05, 3.63) is 29.8 Å². The number of guanidine groups is 1. The molecule has 0 atom stereocenters. The van der Waals surface area contributed by atoms with Crippen LogP contribution in [0.2, 0.25) is 0 Å². The highest BCUT2D eigenvalue weighted by Crippen LogP contribution is 2.15. The molecule has 1 saturated heterocycles. The second kappa shape index (κ2) is 9.78. The molecule has 1 heterocycles. The van der Waals surface area contributed by atoms with Gasteiger partial charge in [0.2, 0.25) is 0 Å². The standard InChI is InChI=1S/C20H35N5O/c1-20(2,25-12-14-26-15-13-25)16-23-19(21-3)22-11-10-17-6-8-18(9-7-17)24(4)5/h6-9H,10-16H2,1-5H3,(H2,21,22,23). The molecule has 6 heteroatoms. The van der Waals surface area contributed by atoms with E-state index >= 15 is 0 Å². The second-order valence-electron chi connectivity index (χ2n) is 7.58. The van der Waals surface area contributed by atoms with Gasteiger partial charge in [0.05, 0.1) is 13.2 Å². The summed E-state index contributed by atoms with van der Waals surface area (Å²) < 4.78 is 5.46. The first kappa shape index (κ1) is 20.5. The van der Waals surface area contributed by atoms with Gasteiger partial charge in [-0.05, 0) is 38.0 Å². The van der Waals surface area contributed by atoms with Gasteiger partial charge in [-0.15, -0.1) is 0 Å². The fourth-order valence-corrected chi connectivity index (χ4v) is 3.09. The summed E-state index contributed by atoms with van der Waals surface area (Å²) in [4.78, 5) is 8.94. The fourth-order valence-electron chi connectivity index (χ4n) is 3.09. The van der Waals surface area contributed by atoms with Crippen LogP contribution >= 0.6 is 0 Å². The lowest BCUT2D eigenvalue weighted by atomic mass is 10.0. The third kappa shape index (κ3) is 6.18. The zero-order valence-electron chi connectivity index (χ0n) is 17.0. The minimum atomic E-state index is 0.0728. The zero-order valence-corrected chi connectivity index (χ0v) is 17.0. The number of rotatable bonds is 7. The highest BCUT2D eigenvalue weighted by molar-refractivity contribution is 5.79. The molecular formula is C20H35N5O. The van der Waals surface area contributed by atoms with E-state index in [4.69, 9.17) is 4.74 Å². The third-order valence-corrected chi connectivity index (χ3v) is 4.94. The van der Waals surface area contributed by atoms with Crippen LogP contribution in [0.1, 0.15) is 19.4 Å². The molecule has 0 bridgehead atoms. The number of nitrogens with zero attached hydrogens (tertiary/aromatic N) is 3. The lowest BCUT2D eigenvalue weighted by molar-refractivity contribution is -0.00833. The van der Waals surface area contributed by atoms with Crippen LogP contribution < -0.4 is 15.5 Å². The summed E-state index contributed by atoms with van der Waals surface area (Å²) in [6.07, 6.45) is 0.973. The Labute approximate surface area is 158 Å². The Kier molecular flexibility index (Phi) is 7.72. The Bertz CT molecular complexity index is 562. The van der Waals surface area contributed by atoms with Crippen LogP contribution in [-0.4, -0.2) is 76.9 Å². The molecule has 0 saturated carbocycles. The average molecular weight is 362 g/mol. The SMILES string of the molecule is CN=C(NCCc1ccc(N(C)C)cc1)NCC(C)(C)N1CCOCC1. The van der Waals surface area contributed by atoms with Gasteiger partial charge in [-0.1, -0.05) is 12.1 Å². The van der Waals surface area contributed by atoms with E-state index in [-0.39, 0.29) is 5.54 Å². The van der Waals surface area contributed by atoms with E-state index in [0.717, 1.165) is 51.8 Å². The maximum Gasteiger partial charge on any atom is 0.191 e. The Hall–Kier alpha value is -1.79. The van der Waals surface area contributed by atoms with Gasteiger partial charge in [0, 0.05) is 58.5 Å². The molecule has 0 spiro atoms. The van der Waals surface area contributed by atoms with Crippen LogP contribution in [0.3, 0.4) is 0 Å². The molecule has 1 aliphatic heterocycles. The van der Waals surface area contributed by atoms with Crippen LogP contribution in [0.5, 0.6) is 0 Å². The summed E-state index contributed by atoms with van der Waals surface area (Å²) in [6.45, 7) is 9.87. The van der Waals surface area contributed by atoms with E-state index < -0.39 is 0 Å². The van der Waals surface area contributed by atoms with E-state index in [2.05, 4.69) is 77.6 Å². The number of hydrogen-bond donors (Lipinski definition) is 2. The molecule has 2 rings (SSSR count). The first-order valence-electron chi connectivity index (χ1n) is 9.46. The monoisotopic (exact) mass is 361 g/mol. The molecule has 0 amide bonds. The van der Waals surface area contributed by atoms with Gasteiger partial charge in [-0.2, -0.15) is 0 Å². The molecule has 0 radical (unpaired) electrons. The zero-order chi connectivity index (χ0) is 19.0. The van der Waals surface area contributed by atoms with Gasteiger partial charge in [0.25, 0.3) is 0 Å². The highest BCUT2D eigenvalue weighted by Gasteiger charge is 2.28. The molecule has 6 nitrogen and oxygen atoms in total. The van der Waals surface area contributed by atoms with Crippen molar-refractivity contribution >= 4 is 11.6 Å². The highest BCUT2D eigenvalue weighted by atomic mass is 16.5. The average Bonchev–Trinajstić information content (AvgIpc) is 2.65. The normalized spacial score (nSPS) is 16.4. The number of benzene rings is 1. The largest absolute Gasteiger partial charge is 0.379 e. The minimum Gasteiger partial charge on any atom is -0.379 e. The van der Waals surface area contributed by atoms with Crippen LogP contribution in [0.15, 0.2) is 29.3 Å². The van der Waals surface area contributed by atoms with Gasteiger partial charge >= 0.3 is 0 Å². The van der Waals surface area contributed by atoms with Crippen LogP contribution in [0.4, 0.5) is 5.69 Å². The van der Waals surface area contributed by atoms with E-state index in [0.29, 0.717) is 0 Å². The molecule has 1 aromatic carbocycles. The smallest absolute Gasteiger partial charge is 0.191 e. The van der Waals surface area contributed by atoms with Crippen molar-refractivity contribution in [2.24, 2.45) is 4.99 Å². The van der Waals surface area contributed by atoms with E-state index in [1.807, 2.05) is 7.05 Å². The Morgan fingerprint density at radius 1 is 1.15 bits per heavy atom. The predicted octanol–water partition coefficient (Wildman–Crippen LogP) is 1.57. The predicted molar refractivity (Wildman–Crippen MR) is 110 cm³/mol. The van der Waals surface area contributed by atoms with Gasteiger partial charge in [0.15, 0.2) is 5.96 Å². The summed E-state index contributed by atoms with van der Waals surface area (Å²) in [6, 6.07) is 8.70. The maximum absolute atomic E-state index is 5.46. The molecule has 2 N–H and O–H groups in total. The quantitative estimate of drug-likeness (QED) is 0.570. The summed E-state index contributed by atoms with van der Waals surface area (Å²) in [7, 11) is 5.94. The third-order valence-electron chi connectivity index (χ3n) is 4.94. The molecule has 0 unspecified atom stereocenters. The number of nitrogens with one attached hydrogen (secondary N) is 2. The summed E-state index contributed by atoms with van der Waals surface area (Å²) in [5.41, 5.74) is 2.63. The lowest BCUT2D eigenvalue weighted by Gasteiger charge is -2.41. The fraction of sp³-hybridized carbons (Fsp3) is 0.650. The van der Waals surface area contributed by atoms with Crippen molar-refractivity contribution < 1.29 is 4.74 Å². The maximum atomic E-state index is 5.46. The Morgan fingerprint density at radius 2 is 1.81 bits per heavy atom. The van der Waals surface area contributed by atoms with Crippen LogP contribution in [-0.2, 0) is 11.2 Å². The molecule has 1 aliphatic rings. The summed E-state index contributed by atoms with van der Waals surface area (Å²) >= 11 is 0. The van der Waals surface area contributed by atoms with Gasteiger partial charge in [-0.25, -0.2) is 0 Å². The van der Waals surface area contributed by atoms with E-state index in [9.17, 15) is 0 Å².